The molecule has 1 atom stereocenters. The fourth-order valence-corrected chi connectivity index (χ4v) is 4.58. The molecule has 1 amide bonds. The van der Waals surface area contributed by atoms with Gasteiger partial charge in [0.15, 0.2) is 0 Å². The third-order valence-electron chi connectivity index (χ3n) is 5.89. The van der Waals surface area contributed by atoms with Gasteiger partial charge in [-0.15, -0.1) is 0 Å². The maximum atomic E-state index is 13.3. The van der Waals surface area contributed by atoms with E-state index in [9.17, 15) is 4.79 Å². The first-order valence-corrected chi connectivity index (χ1v) is 9.24. The number of aryl methyl sites for hydroxylation is 1. The van der Waals surface area contributed by atoms with Gasteiger partial charge in [-0.25, -0.2) is 0 Å². The highest BCUT2D eigenvalue weighted by Gasteiger charge is 2.43. The Hall–Kier alpha value is -2.09. The van der Waals surface area contributed by atoms with Crippen LogP contribution in [-0.2, 0) is 16.6 Å². The molecule has 0 aliphatic heterocycles. The van der Waals surface area contributed by atoms with E-state index in [1.54, 1.807) is 0 Å². The Kier molecular flexibility index (Phi) is 4.13. The highest BCUT2D eigenvalue weighted by Crippen LogP contribution is 2.42. The van der Waals surface area contributed by atoms with Crippen LogP contribution in [0.4, 0.5) is 0 Å². The summed E-state index contributed by atoms with van der Waals surface area (Å²) in [5, 5.41) is 3.42. The highest BCUT2D eigenvalue weighted by atomic mass is 16.2. The normalized spacial score (nSPS) is 21.9. The molecule has 0 saturated heterocycles. The van der Waals surface area contributed by atoms with Gasteiger partial charge >= 0.3 is 0 Å². The van der Waals surface area contributed by atoms with E-state index in [1.807, 2.05) is 6.07 Å². The maximum absolute atomic E-state index is 13.3. The van der Waals surface area contributed by atoms with Crippen molar-refractivity contribution in [3.05, 3.63) is 71.3 Å². The van der Waals surface area contributed by atoms with E-state index >= 15 is 0 Å². The van der Waals surface area contributed by atoms with Gasteiger partial charge in [0.1, 0.15) is 0 Å². The second-order valence-corrected chi connectivity index (χ2v) is 7.27. The Labute approximate surface area is 144 Å². The maximum Gasteiger partial charge on any atom is 0.231 e. The largest absolute Gasteiger partial charge is 0.349 e. The average Bonchev–Trinajstić information content (AvgIpc) is 3.14. The van der Waals surface area contributed by atoms with Crippen molar-refractivity contribution in [2.24, 2.45) is 0 Å². The van der Waals surface area contributed by atoms with Crippen LogP contribution in [0.2, 0.25) is 0 Å². The Morgan fingerprint density at radius 3 is 2.42 bits per heavy atom. The molecule has 1 N–H and O–H groups in total. The molecule has 2 heteroatoms. The molecule has 2 aromatic rings. The van der Waals surface area contributed by atoms with E-state index in [1.165, 1.54) is 16.7 Å². The van der Waals surface area contributed by atoms with Gasteiger partial charge in [0, 0.05) is 0 Å². The van der Waals surface area contributed by atoms with Crippen LogP contribution in [0, 0.1) is 0 Å². The van der Waals surface area contributed by atoms with Crippen molar-refractivity contribution < 1.29 is 4.79 Å². The van der Waals surface area contributed by atoms with Crippen LogP contribution in [0.15, 0.2) is 54.6 Å². The molecule has 0 aromatic heterocycles. The molecule has 2 aliphatic rings. The molecule has 2 aliphatic carbocycles. The lowest BCUT2D eigenvalue weighted by Gasteiger charge is -2.33. The van der Waals surface area contributed by atoms with Crippen molar-refractivity contribution >= 4 is 5.91 Å². The van der Waals surface area contributed by atoms with E-state index in [-0.39, 0.29) is 17.4 Å². The molecule has 0 heterocycles. The summed E-state index contributed by atoms with van der Waals surface area (Å²) >= 11 is 0. The Bertz CT molecular complexity index is 716. The summed E-state index contributed by atoms with van der Waals surface area (Å²) in [5.41, 5.74) is 3.57. The number of nitrogens with one attached hydrogen (secondary N) is 1. The van der Waals surface area contributed by atoms with Crippen LogP contribution in [0.5, 0.6) is 0 Å². The number of hydrogen-bond acceptors (Lipinski definition) is 1. The van der Waals surface area contributed by atoms with E-state index < -0.39 is 0 Å². The van der Waals surface area contributed by atoms with Gasteiger partial charge in [-0.05, 0) is 48.8 Å². The molecule has 24 heavy (non-hydrogen) atoms. The lowest BCUT2D eigenvalue weighted by molar-refractivity contribution is -0.127. The Balaban J connectivity index is 1.62. The lowest BCUT2D eigenvalue weighted by atomic mass is 9.77. The van der Waals surface area contributed by atoms with E-state index in [2.05, 4.69) is 53.8 Å². The van der Waals surface area contributed by atoms with E-state index in [0.29, 0.717) is 0 Å². The van der Waals surface area contributed by atoms with Crippen molar-refractivity contribution in [2.45, 2.75) is 56.4 Å². The van der Waals surface area contributed by atoms with Crippen LogP contribution in [0.1, 0.15) is 61.3 Å². The summed E-state index contributed by atoms with van der Waals surface area (Å²) in [6.45, 7) is 0. The molecule has 2 nitrogen and oxygen atoms in total. The van der Waals surface area contributed by atoms with Gasteiger partial charge in [0.05, 0.1) is 11.5 Å². The first kappa shape index (κ1) is 15.4. The minimum absolute atomic E-state index is 0.170. The summed E-state index contributed by atoms with van der Waals surface area (Å²) in [6, 6.07) is 19.1. The van der Waals surface area contributed by atoms with Gasteiger partial charge in [-0.3, -0.25) is 4.79 Å². The standard InChI is InChI=1S/C22H25NO/c24-21(22(15-6-7-16-22)18-11-2-1-3-12-18)23-20-14-8-10-17-9-4-5-13-19(17)20/h1-5,9,11-13,20H,6-8,10,14-16H2,(H,23,24)/t20-/m1/s1. The molecular formula is C22H25NO. The molecule has 0 radical (unpaired) electrons. The number of benzene rings is 2. The Morgan fingerprint density at radius 1 is 0.917 bits per heavy atom. The first-order chi connectivity index (χ1) is 11.8. The average molecular weight is 319 g/mol. The first-order valence-electron chi connectivity index (χ1n) is 9.24. The molecule has 2 aromatic carbocycles. The van der Waals surface area contributed by atoms with Gasteiger partial charge in [-0.1, -0.05) is 67.4 Å². The van der Waals surface area contributed by atoms with Crippen LogP contribution in [0.25, 0.3) is 0 Å². The number of carbonyl (C=O) groups is 1. The second kappa shape index (κ2) is 6.43. The van der Waals surface area contributed by atoms with Gasteiger partial charge < -0.3 is 5.32 Å². The zero-order valence-corrected chi connectivity index (χ0v) is 14.1. The van der Waals surface area contributed by atoms with Crippen LogP contribution in [0.3, 0.4) is 0 Å². The number of carbonyl (C=O) groups excluding carboxylic acids is 1. The third-order valence-corrected chi connectivity index (χ3v) is 5.89. The lowest BCUT2D eigenvalue weighted by Crippen LogP contribution is -2.44. The molecule has 1 saturated carbocycles. The van der Waals surface area contributed by atoms with Crippen molar-refractivity contribution in [1.82, 2.24) is 5.32 Å². The van der Waals surface area contributed by atoms with Crippen LogP contribution >= 0.6 is 0 Å². The topological polar surface area (TPSA) is 29.1 Å². The van der Waals surface area contributed by atoms with Crippen molar-refractivity contribution in [3.8, 4) is 0 Å². The number of hydrogen-bond donors (Lipinski definition) is 1. The summed E-state index contributed by atoms with van der Waals surface area (Å²) in [6.07, 6.45) is 7.56. The predicted molar refractivity (Wildman–Crippen MR) is 96.9 cm³/mol. The number of amides is 1. The fraction of sp³-hybridized carbons (Fsp3) is 0.409. The summed E-state index contributed by atoms with van der Waals surface area (Å²) in [7, 11) is 0. The third kappa shape index (κ3) is 2.64. The second-order valence-electron chi connectivity index (χ2n) is 7.27. The molecule has 4 rings (SSSR count). The van der Waals surface area contributed by atoms with Gasteiger partial charge in [0.2, 0.25) is 5.91 Å². The van der Waals surface area contributed by atoms with E-state index in [4.69, 9.17) is 0 Å². The molecule has 0 spiro atoms. The highest BCUT2D eigenvalue weighted by molar-refractivity contribution is 5.89. The minimum Gasteiger partial charge on any atom is -0.349 e. The molecule has 0 bridgehead atoms. The Morgan fingerprint density at radius 2 is 1.62 bits per heavy atom. The van der Waals surface area contributed by atoms with Crippen molar-refractivity contribution in [3.63, 3.8) is 0 Å². The van der Waals surface area contributed by atoms with Gasteiger partial charge in [-0.2, -0.15) is 0 Å². The zero-order valence-electron chi connectivity index (χ0n) is 14.1. The number of rotatable bonds is 3. The fourth-order valence-electron chi connectivity index (χ4n) is 4.58. The van der Waals surface area contributed by atoms with Gasteiger partial charge in [0.25, 0.3) is 0 Å². The van der Waals surface area contributed by atoms with Crippen LogP contribution in [-0.4, -0.2) is 5.91 Å². The smallest absolute Gasteiger partial charge is 0.231 e. The van der Waals surface area contributed by atoms with E-state index in [0.717, 1.165) is 44.9 Å². The molecule has 1 fully saturated rings. The summed E-state index contributed by atoms with van der Waals surface area (Å²) in [5.74, 6) is 0.230. The molecule has 124 valence electrons. The van der Waals surface area contributed by atoms with Crippen LogP contribution < -0.4 is 5.32 Å². The quantitative estimate of drug-likeness (QED) is 0.873. The SMILES string of the molecule is O=C(N[C@@H]1CCCc2ccccc21)C1(c2ccccc2)CCCC1. The molecular weight excluding hydrogens is 294 g/mol. The minimum atomic E-state index is -0.326. The summed E-state index contributed by atoms with van der Waals surface area (Å²) < 4.78 is 0. The monoisotopic (exact) mass is 319 g/mol. The predicted octanol–water partition coefficient (Wildman–Crippen LogP) is 4.69. The zero-order chi connectivity index (χ0) is 16.4. The van der Waals surface area contributed by atoms with Crippen molar-refractivity contribution in [2.75, 3.05) is 0 Å². The summed E-state index contributed by atoms with van der Waals surface area (Å²) in [4.78, 5) is 13.3. The number of fused-ring (bicyclic) bond motifs is 1. The molecule has 0 unspecified atom stereocenters. The van der Waals surface area contributed by atoms with Crippen molar-refractivity contribution in [1.29, 1.82) is 0 Å².